The molecule has 0 bridgehead atoms. The summed E-state index contributed by atoms with van der Waals surface area (Å²) >= 11 is 4.54. The first-order valence-electron chi connectivity index (χ1n) is 13.7. The van der Waals surface area contributed by atoms with Crippen molar-refractivity contribution in [3.8, 4) is 11.1 Å². The Bertz CT molecular complexity index is 985. The van der Waals surface area contributed by atoms with Crippen molar-refractivity contribution in [1.29, 1.82) is 0 Å². The van der Waals surface area contributed by atoms with Gasteiger partial charge >= 0.3 is 0 Å². The van der Waals surface area contributed by atoms with Gasteiger partial charge in [0.05, 0.1) is 0 Å². The van der Waals surface area contributed by atoms with Crippen LogP contribution in [0.4, 0.5) is 0 Å². The summed E-state index contributed by atoms with van der Waals surface area (Å²) in [5, 5.41) is 0. The molecular weight excluding hydrogens is 452 g/mol. The molecule has 0 nitrogen and oxygen atoms in total. The SMILES string of the molecule is C/C=C\c1cccc(-c2cccc(C)c2)c1CCC.CC.CC.CC(C)=S.CCc1ccc(C)cc1.[HH].[HH]. The van der Waals surface area contributed by atoms with E-state index in [2.05, 4.69) is 126 Å². The zero-order chi connectivity index (χ0) is 27.9. The molecule has 0 amide bonds. The minimum Gasteiger partial charge on any atom is -0.0903 e. The molecule has 0 aromatic heterocycles. The lowest BCUT2D eigenvalue weighted by Gasteiger charge is -2.13. The summed E-state index contributed by atoms with van der Waals surface area (Å²) in [6, 6.07) is 24.0. The number of benzene rings is 3. The second-order valence-corrected chi connectivity index (χ2v) is 9.06. The zero-order valence-corrected chi connectivity index (χ0v) is 25.9. The fourth-order valence-electron chi connectivity index (χ4n) is 3.38. The molecule has 0 fully saturated rings. The van der Waals surface area contributed by atoms with E-state index in [1.165, 1.54) is 45.4 Å². The van der Waals surface area contributed by atoms with Crippen LogP contribution in [0.2, 0.25) is 0 Å². The maximum Gasteiger partial charge on any atom is 0 e. The number of rotatable bonds is 5. The van der Waals surface area contributed by atoms with Crippen LogP contribution in [-0.2, 0) is 12.8 Å². The summed E-state index contributed by atoms with van der Waals surface area (Å²) in [5.41, 5.74) is 9.59. The Labute approximate surface area is 232 Å². The molecule has 3 aromatic rings. The van der Waals surface area contributed by atoms with Gasteiger partial charge in [-0.1, -0.05) is 150 Å². The van der Waals surface area contributed by atoms with Gasteiger partial charge in [-0.25, -0.2) is 0 Å². The highest BCUT2D eigenvalue weighted by Gasteiger charge is 2.08. The molecule has 0 spiro atoms. The molecular formula is C35H56S. The van der Waals surface area contributed by atoms with Crippen LogP contribution in [0.15, 0.2) is 72.8 Å². The molecule has 0 aliphatic rings. The lowest BCUT2D eigenvalue weighted by atomic mass is 9.92. The molecule has 0 saturated heterocycles. The minimum atomic E-state index is 0. The molecule has 0 atom stereocenters. The van der Waals surface area contributed by atoms with Crippen LogP contribution in [0.25, 0.3) is 17.2 Å². The van der Waals surface area contributed by atoms with Gasteiger partial charge in [0.15, 0.2) is 0 Å². The number of hydrogen-bond donors (Lipinski definition) is 0. The Kier molecular flexibility index (Phi) is 22.7. The summed E-state index contributed by atoms with van der Waals surface area (Å²) < 4.78 is 0. The van der Waals surface area contributed by atoms with Crippen LogP contribution in [0.3, 0.4) is 0 Å². The van der Waals surface area contributed by atoms with E-state index < -0.39 is 0 Å². The van der Waals surface area contributed by atoms with Crippen molar-refractivity contribution in [1.82, 2.24) is 0 Å². The van der Waals surface area contributed by atoms with Gasteiger partial charge in [0.2, 0.25) is 0 Å². The Balaban J connectivity index is -0.000000256. The summed E-state index contributed by atoms with van der Waals surface area (Å²) in [6.07, 6.45) is 7.77. The molecule has 0 N–H and O–H groups in total. The second-order valence-electron chi connectivity index (χ2n) is 8.24. The third-order valence-corrected chi connectivity index (χ3v) is 4.92. The largest absolute Gasteiger partial charge is 0.0903 e. The number of allylic oxidation sites excluding steroid dienone is 1. The predicted molar refractivity (Wildman–Crippen MR) is 177 cm³/mol. The van der Waals surface area contributed by atoms with E-state index in [0.717, 1.165) is 17.7 Å². The topological polar surface area (TPSA) is 0 Å². The summed E-state index contributed by atoms with van der Waals surface area (Å²) in [6.45, 7) is 22.6. The molecule has 1 heteroatoms. The van der Waals surface area contributed by atoms with Crippen LogP contribution in [0.1, 0.15) is 99.4 Å². The molecule has 36 heavy (non-hydrogen) atoms. The standard InChI is InChI=1S/C19H22.C9H12.C3H6S.2C2H6.2H2/c1-4-8-16-11-7-13-19(18(16)9-5-2)17-12-6-10-15(3)14-17;1-3-9-6-4-8(2)5-7-9;1-3(2)4;2*1-2;;/h4,6-8,10-14H,5,9H2,1-3H3;4-7H,3H2,1-2H3;1-2H3;2*1-2H3;2*1H/b8-4-;;;;;;. The van der Waals surface area contributed by atoms with E-state index in [1.54, 1.807) is 0 Å². The number of hydrogen-bond acceptors (Lipinski definition) is 1. The van der Waals surface area contributed by atoms with Crippen molar-refractivity contribution in [3.05, 3.63) is 101 Å². The summed E-state index contributed by atoms with van der Waals surface area (Å²) in [7, 11) is 0. The van der Waals surface area contributed by atoms with Crippen molar-refractivity contribution >= 4 is 23.2 Å². The van der Waals surface area contributed by atoms with Gasteiger partial charge in [0.1, 0.15) is 0 Å². The smallest absolute Gasteiger partial charge is 0 e. The molecule has 3 aromatic carbocycles. The highest BCUT2D eigenvalue weighted by atomic mass is 32.1. The monoisotopic (exact) mass is 508 g/mol. The summed E-state index contributed by atoms with van der Waals surface area (Å²) in [4.78, 5) is 1.00. The predicted octanol–water partition coefficient (Wildman–Crippen LogP) is 12.1. The lowest BCUT2D eigenvalue weighted by molar-refractivity contribution is 0.921. The molecule has 0 aliphatic carbocycles. The minimum absolute atomic E-state index is 0. The molecule has 0 radical (unpaired) electrons. The third-order valence-electron chi connectivity index (χ3n) is 4.92. The summed E-state index contributed by atoms with van der Waals surface area (Å²) in [5.74, 6) is 0. The first-order chi connectivity index (χ1) is 17.3. The van der Waals surface area contributed by atoms with E-state index in [-0.39, 0.29) is 2.85 Å². The first kappa shape index (κ1) is 35.7. The molecule has 0 heterocycles. The number of thiocarbonyl (C=S) groups is 1. The van der Waals surface area contributed by atoms with Gasteiger partial charge in [0.25, 0.3) is 0 Å². The van der Waals surface area contributed by atoms with E-state index in [9.17, 15) is 0 Å². The van der Waals surface area contributed by atoms with Crippen molar-refractivity contribution in [2.24, 2.45) is 0 Å². The number of aryl methyl sites for hydroxylation is 3. The quantitative estimate of drug-likeness (QED) is 0.309. The highest BCUT2D eigenvalue weighted by Crippen LogP contribution is 2.29. The van der Waals surface area contributed by atoms with Crippen LogP contribution in [0.5, 0.6) is 0 Å². The van der Waals surface area contributed by atoms with Crippen molar-refractivity contribution in [2.75, 3.05) is 0 Å². The normalized spacial score (nSPS) is 9.31. The Morgan fingerprint density at radius 2 is 1.36 bits per heavy atom. The van der Waals surface area contributed by atoms with E-state index in [1.807, 2.05) is 41.5 Å². The van der Waals surface area contributed by atoms with Gasteiger partial charge in [-0.05, 0) is 80.1 Å². The maximum atomic E-state index is 4.54. The van der Waals surface area contributed by atoms with Gasteiger partial charge in [-0.15, -0.1) is 0 Å². The van der Waals surface area contributed by atoms with Crippen LogP contribution in [0, 0.1) is 13.8 Å². The van der Waals surface area contributed by atoms with Crippen LogP contribution in [-0.4, -0.2) is 4.86 Å². The van der Waals surface area contributed by atoms with Gasteiger partial charge in [0, 0.05) is 2.85 Å². The maximum absolute atomic E-state index is 4.54. The Morgan fingerprint density at radius 3 is 1.83 bits per heavy atom. The molecule has 0 aliphatic heterocycles. The lowest BCUT2D eigenvalue weighted by Crippen LogP contribution is -1.94. The Hall–Kier alpha value is -2.51. The average Bonchev–Trinajstić information content (AvgIpc) is 2.88. The average molecular weight is 509 g/mol. The van der Waals surface area contributed by atoms with Gasteiger partial charge in [-0.3, -0.25) is 0 Å². The highest BCUT2D eigenvalue weighted by molar-refractivity contribution is 7.80. The van der Waals surface area contributed by atoms with Gasteiger partial charge in [-0.2, -0.15) is 0 Å². The van der Waals surface area contributed by atoms with E-state index in [0.29, 0.717) is 0 Å². The fourth-order valence-corrected chi connectivity index (χ4v) is 3.38. The zero-order valence-electron chi connectivity index (χ0n) is 25.0. The molecule has 0 saturated carbocycles. The Morgan fingerprint density at radius 1 is 0.806 bits per heavy atom. The second kappa shape index (κ2) is 22.9. The van der Waals surface area contributed by atoms with E-state index >= 15 is 0 Å². The third kappa shape index (κ3) is 15.5. The molecule has 3 rings (SSSR count). The van der Waals surface area contributed by atoms with E-state index in [4.69, 9.17) is 0 Å². The van der Waals surface area contributed by atoms with Crippen molar-refractivity contribution < 1.29 is 2.85 Å². The van der Waals surface area contributed by atoms with Crippen molar-refractivity contribution in [2.45, 2.75) is 95.4 Å². The molecule has 0 unspecified atom stereocenters. The molecule has 202 valence electrons. The fraction of sp³-hybridized carbons (Fsp3) is 0.400. The first-order valence-corrected chi connectivity index (χ1v) is 14.1. The van der Waals surface area contributed by atoms with Crippen LogP contribution >= 0.6 is 12.2 Å². The van der Waals surface area contributed by atoms with Crippen molar-refractivity contribution in [3.63, 3.8) is 0 Å². The van der Waals surface area contributed by atoms with Gasteiger partial charge < -0.3 is 0 Å². The van der Waals surface area contributed by atoms with Crippen LogP contribution < -0.4 is 0 Å².